The Morgan fingerprint density at radius 1 is 0.955 bits per heavy atom. The van der Waals surface area contributed by atoms with Crippen LogP contribution in [0.25, 0.3) is 11.3 Å². The van der Waals surface area contributed by atoms with Crippen molar-refractivity contribution in [2.75, 3.05) is 0 Å². The van der Waals surface area contributed by atoms with Crippen molar-refractivity contribution in [2.24, 2.45) is 0 Å². The van der Waals surface area contributed by atoms with Crippen LogP contribution in [0.3, 0.4) is 0 Å². The molecule has 2 heterocycles. The minimum absolute atomic E-state index is 0.0920. The summed E-state index contributed by atoms with van der Waals surface area (Å²) in [5, 5.41) is 19.8. The summed E-state index contributed by atoms with van der Waals surface area (Å²) in [4.78, 5) is 2.05. The maximum atomic E-state index is 10.1. The zero-order valence-electron chi connectivity index (χ0n) is 11.7. The van der Waals surface area contributed by atoms with Gasteiger partial charge in [-0.25, -0.2) is 0 Å². The standard InChI is InChI=1S/C18H14O3S/c19-13-9-15(20)14-6-5-11-3-4-12(16-2-1-7-21-16)8-17(11)22-18(14)10-13/h1-4,7-10,19-20H,5-6H2. The molecule has 0 amide bonds. The van der Waals surface area contributed by atoms with Gasteiger partial charge in [0, 0.05) is 27.0 Å². The highest BCUT2D eigenvalue weighted by Crippen LogP contribution is 2.43. The molecule has 0 spiro atoms. The number of rotatable bonds is 1. The largest absolute Gasteiger partial charge is 0.508 e. The fourth-order valence-electron chi connectivity index (χ4n) is 2.79. The first-order valence-corrected chi connectivity index (χ1v) is 7.92. The predicted octanol–water partition coefficient (Wildman–Crippen LogP) is 4.61. The molecule has 0 atom stereocenters. The Hall–Kier alpha value is -2.33. The van der Waals surface area contributed by atoms with Crippen LogP contribution in [0.1, 0.15) is 11.1 Å². The third-order valence-corrected chi connectivity index (χ3v) is 5.09. The van der Waals surface area contributed by atoms with Crippen molar-refractivity contribution in [3.05, 3.63) is 59.9 Å². The van der Waals surface area contributed by atoms with Crippen LogP contribution in [0.4, 0.5) is 0 Å². The van der Waals surface area contributed by atoms with Gasteiger partial charge in [0.25, 0.3) is 0 Å². The first kappa shape index (κ1) is 13.3. The molecule has 0 radical (unpaired) electrons. The molecule has 0 bridgehead atoms. The topological polar surface area (TPSA) is 53.6 Å². The van der Waals surface area contributed by atoms with Crippen molar-refractivity contribution >= 4 is 11.8 Å². The summed E-state index contributed by atoms with van der Waals surface area (Å²) in [6.45, 7) is 0. The fourth-order valence-corrected chi connectivity index (χ4v) is 4.02. The van der Waals surface area contributed by atoms with Gasteiger partial charge in [0.1, 0.15) is 17.3 Å². The normalized spacial score (nSPS) is 13.3. The van der Waals surface area contributed by atoms with Crippen LogP contribution in [-0.2, 0) is 12.8 Å². The molecular formula is C18H14O3S. The zero-order chi connectivity index (χ0) is 15.1. The third-order valence-electron chi connectivity index (χ3n) is 3.91. The van der Waals surface area contributed by atoms with E-state index in [-0.39, 0.29) is 11.5 Å². The average molecular weight is 310 g/mol. The molecule has 2 aromatic carbocycles. The van der Waals surface area contributed by atoms with Crippen molar-refractivity contribution in [1.82, 2.24) is 0 Å². The van der Waals surface area contributed by atoms with Gasteiger partial charge in [-0.15, -0.1) is 0 Å². The van der Waals surface area contributed by atoms with Gasteiger partial charge in [0.2, 0.25) is 0 Å². The summed E-state index contributed by atoms with van der Waals surface area (Å²) in [5.41, 5.74) is 3.18. The Kier molecular flexibility index (Phi) is 3.12. The van der Waals surface area contributed by atoms with E-state index in [0.717, 1.165) is 39.5 Å². The van der Waals surface area contributed by atoms with Crippen LogP contribution in [0.15, 0.2) is 62.9 Å². The SMILES string of the molecule is Oc1cc(O)c2c(c1)Sc1cc(-c3ccco3)ccc1CC2. The van der Waals surface area contributed by atoms with Crippen LogP contribution < -0.4 is 0 Å². The van der Waals surface area contributed by atoms with Gasteiger partial charge in [-0.3, -0.25) is 0 Å². The van der Waals surface area contributed by atoms with E-state index in [1.807, 2.05) is 12.1 Å². The Labute approximate surface area is 132 Å². The van der Waals surface area contributed by atoms with E-state index >= 15 is 0 Å². The molecule has 0 fully saturated rings. The summed E-state index contributed by atoms with van der Waals surface area (Å²) < 4.78 is 5.46. The van der Waals surface area contributed by atoms with Gasteiger partial charge < -0.3 is 14.6 Å². The lowest BCUT2D eigenvalue weighted by Gasteiger charge is -2.09. The molecule has 0 saturated carbocycles. The number of fused-ring (bicyclic) bond motifs is 2. The molecule has 0 saturated heterocycles. The van der Waals surface area contributed by atoms with Gasteiger partial charge >= 0.3 is 0 Å². The number of benzene rings is 2. The number of hydrogen-bond donors (Lipinski definition) is 2. The van der Waals surface area contributed by atoms with Crippen molar-refractivity contribution in [3.63, 3.8) is 0 Å². The van der Waals surface area contributed by atoms with Crippen LogP contribution in [0.2, 0.25) is 0 Å². The van der Waals surface area contributed by atoms with Crippen molar-refractivity contribution in [2.45, 2.75) is 22.6 Å². The molecule has 4 rings (SSSR count). The summed E-state index contributed by atoms with van der Waals surface area (Å²) >= 11 is 1.58. The Bertz CT molecular complexity index is 838. The number of furan rings is 1. The summed E-state index contributed by atoms with van der Waals surface area (Å²) in [6.07, 6.45) is 3.30. The molecular weight excluding hydrogens is 296 g/mol. The van der Waals surface area contributed by atoms with Crippen molar-refractivity contribution in [3.8, 4) is 22.8 Å². The highest BCUT2D eigenvalue weighted by atomic mass is 32.2. The number of phenols is 2. The molecule has 1 aliphatic rings. The van der Waals surface area contributed by atoms with Gasteiger partial charge in [0.15, 0.2) is 0 Å². The monoisotopic (exact) mass is 310 g/mol. The molecule has 110 valence electrons. The third kappa shape index (κ3) is 2.25. The summed E-state index contributed by atoms with van der Waals surface area (Å²) in [7, 11) is 0. The number of phenolic OH excluding ortho intramolecular Hbond substituents is 2. The molecule has 4 heteroatoms. The van der Waals surface area contributed by atoms with E-state index in [1.165, 1.54) is 11.6 Å². The van der Waals surface area contributed by atoms with Crippen LogP contribution in [0.5, 0.6) is 11.5 Å². The first-order chi connectivity index (χ1) is 10.7. The van der Waals surface area contributed by atoms with Gasteiger partial charge in [0.05, 0.1) is 6.26 Å². The first-order valence-electron chi connectivity index (χ1n) is 7.10. The molecule has 22 heavy (non-hydrogen) atoms. The van der Waals surface area contributed by atoms with E-state index in [1.54, 1.807) is 24.1 Å². The van der Waals surface area contributed by atoms with E-state index in [0.29, 0.717) is 0 Å². The molecule has 3 aromatic rings. The average Bonchev–Trinajstić information content (AvgIpc) is 2.95. The highest BCUT2D eigenvalue weighted by molar-refractivity contribution is 7.99. The van der Waals surface area contributed by atoms with Crippen molar-refractivity contribution in [1.29, 1.82) is 0 Å². The smallest absolute Gasteiger partial charge is 0.133 e. The minimum Gasteiger partial charge on any atom is -0.508 e. The number of aromatic hydroxyl groups is 2. The van der Waals surface area contributed by atoms with E-state index in [4.69, 9.17) is 4.42 Å². The van der Waals surface area contributed by atoms with E-state index in [9.17, 15) is 10.2 Å². The Morgan fingerprint density at radius 2 is 1.86 bits per heavy atom. The van der Waals surface area contributed by atoms with E-state index in [2.05, 4.69) is 18.2 Å². The van der Waals surface area contributed by atoms with Crippen LogP contribution in [-0.4, -0.2) is 10.2 Å². The second-order valence-corrected chi connectivity index (χ2v) is 6.43. The fraction of sp³-hybridized carbons (Fsp3) is 0.111. The summed E-state index contributed by atoms with van der Waals surface area (Å²) in [5.74, 6) is 1.10. The molecule has 2 N–H and O–H groups in total. The van der Waals surface area contributed by atoms with Crippen molar-refractivity contribution < 1.29 is 14.6 Å². The Morgan fingerprint density at radius 3 is 2.68 bits per heavy atom. The quantitative estimate of drug-likeness (QED) is 0.689. The lowest BCUT2D eigenvalue weighted by Crippen LogP contribution is -1.91. The molecule has 3 nitrogen and oxygen atoms in total. The van der Waals surface area contributed by atoms with Gasteiger partial charge in [-0.2, -0.15) is 0 Å². The second kappa shape index (κ2) is 5.14. The van der Waals surface area contributed by atoms with Crippen LogP contribution in [0, 0.1) is 0 Å². The van der Waals surface area contributed by atoms with E-state index < -0.39 is 0 Å². The van der Waals surface area contributed by atoms with Gasteiger partial charge in [-0.1, -0.05) is 23.9 Å². The van der Waals surface area contributed by atoms with Gasteiger partial charge in [-0.05, 0) is 42.7 Å². The second-order valence-electron chi connectivity index (χ2n) is 5.34. The zero-order valence-corrected chi connectivity index (χ0v) is 12.6. The lowest BCUT2D eigenvalue weighted by atomic mass is 10.0. The Balaban J connectivity index is 1.80. The minimum atomic E-state index is 0.0920. The maximum Gasteiger partial charge on any atom is 0.133 e. The van der Waals surface area contributed by atoms with Crippen LogP contribution >= 0.6 is 11.8 Å². The molecule has 0 unspecified atom stereocenters. The molecule has 0 aliphatic carbocycles. The predicted molar refractivity (Wildman–Crippen MR) is 85.4 cm³/mol. The molecule has 1 aromatic heterocycles. The number of hydrogen-bond acceptors (Lipinski definition) is 4. The maximum absolute atomic E-state index is 10.1. The molecule has 1 aliphatic heterocycles. The lowest BCUT2D eigenvalue weighted by molar-refractivity contribution is 0.442. The number of aryl methyl sites for hydroxylation is 1. The summed E-state index contributed by atoms with van der Waals surface area (Å²) in [6, 6.07) is 13.2. The highest BCUT2D eigenvalue weighted by Gasteiger charge is 2.18.